The lowest BCUT2D eigenvalue weighted by Gasteiger charge is -2.13. The molecule has 0 radical (unpaired) electrons. The lowest BCUT2D eigenvalue weighted by atomic mass is 9.79. The summed E-state index contributed by atoms with van der Waals surface area (Å²) in [5.41, 5.74) is 1.65. The largest absolute Gasteiger partial charge is 0.488 e. The Hall–Kier alpha value is -1.53. The summed E-state index contributed by atoms with van der Waals surface area (Å²) in [5.74, 6) is 0. The number of hydrogen-bond donors (Lipinski definition) is 4. The molecule has 0 amide bonds. The predicted molar refractivity (Wildman–Crippen MR) is 79.7 cm³/mol. The second kappa shape index (κ2) is 7.16. The van der Waals surface area contributed by atoms with Gasteiger partial charge in [-0.15, -0.1) is 0 Å². The first-order valence-corrected chi connectivity index (χ1v) is 5.78. The van der Waals surface area contributed by atoms with Gasteiger partial charge in [-0.3, -0.25) is 0 Å². The molecule has 2 aromatic carbocycles. The third kappa shape index (κ3) is 4.25. The van der Waals surface area contributed by atoms with Gasteiger partial charge in [-0.1, -0.05) is 24.3 Å². The number of nitrogens with zero attached hydrogens (tertiary/aromatic N) is 1. The van der Waals surface area contributed by atoms with Gasteiger partial charge in [-0.25, -0.2) is 0 Å². The maximum Gasteiger partial charge on any atom is 0.488 e. The SMILES string of the molecule is CN(C)c1ccc2cc(B(O)O)ccc2c1.OBO. The minimum Gasteiger partial charge on any atom is -0.430 e. The molecule has 0 aromatic heterocycles. The molecule has 7 heteroatoms. The molecule has 0 saturated carbocycles. The Morgan fingerprint density at radius 1 is 0.947 bits per heavy atom. The van der Waals surface area contributed by atoms with Crippen molar-refractivity contribution in [3.63, 3.8) is 0 Å². The second-order valence-corrected chi connectivity index (χ2v) is 4.20. The number of benzene rings is 2. The average Bonchev–Trinajstić information content (AvgIpc) is 2.38. The molecule has 0 fully saturated rings. The maximum absolute atomic E-state index is 9.07. The normalized spacial score (nSPS) is 9.58. The molecular formula is C12H17B2NO4. The molecule has 2 aromatic rings. The van der Waals surface area contributed by atoms with Crippen LogP contribution in [0.25, 0.3) is 10.8 Å². The fourth-order valence-electron chi connectivity index (χ4n) is 1.69. The van der Waals surface area contributed by atoms with Crippen molar-refractivity contribution in [1.29, 1.82) is 0 Å². The highest BCUT2D eigenvalue weighted by Gasteiger charge is 2.10. The smallest absolute Gasteiger partial charge is 0.430 e. The first-order valence-electron chi connectivity index (χ1n) is 5.78. The van der Waals surface area contributed by atoms with Crippen molar-refractivity contribution in [2.75, 3.05) is 19.0 Å². The molecule has 5 nitrogen and oxygen atoms in total. The monoisotopic (exact) mass is 261 g/mol. The Balaban J connectivity index is 0.000000550. The van der Waals surface area contributed by atoms with E-state index >= 15 is 0 Å². The Morgan fingerprint density at radius 2 is 1.47 bits per heavy atom. The summed E-state index contributed by atoms with van der Waals surface area (Å²) < 4.78 is 0. The van der Waals surface area contributed by atoms with Crippen LogP contribution in [0, 0.1) is 0 Å². The standard InChI is InChI=1S/C12H14BNO2.BH3O2/c1-14(2)12-6-4-9-7-11(13(15)16)5-3-10(9)8-12;2-1-3/h3-8,15-16H,1-2H3;1-3H. The van der Waals surface area contributed by atoms with E-state index in [4.69, 9.17) is 20.1 Å². The van der Waals surface area contributed by atoms with Crippen molar-refractivity contribution < 1.29 is 20.1 Å². The van der Waals surface area contributed by atoms with Crippen LogP contribution in [0.1, 0.15) is 0 Å². The van der Waals surface area contributed by atoms with Gasteiger partial charge in [0.1, 0.15) is 0 Å². The molecule has 0 aliphatic carbocycles. The van der Waals surface area contributed by atoms with Crippen molar-refractivity contribution in [3.05, 3.63) is 36.4 Å². The quantitative estimate of drug-likeness (QED) is 0.511. The van der Waals surface area contributed by atoms with E-state index in [0.29, 0.717) is 5.46 Å². The number of anilines is 1. The molecule has 2 rings (SSSR count). The number of fused-ring (bicyclic) bond motifs is 1. The van der Waals surface area contributed by atoms with Crippen molar-refractivity contribution in [2.45, 2.75) is 0 Å². The summed E-state index contributed by atoms with van der Waals surface area (Å²) >= 11 is 0. The lowest BCUT2D eigenvalue weighted by molar-refractivity contribution is 0.426. The maximum atomic E-state index is 9.07. The van der Waals surface area contributed by atoms with Gasteiger partial charge in [0.2, 0.25) is 0 Å². The van der Waals surface area contributed by atoms with E-state index in [9.17, 15) is 0 Å². The van der Waals surface area contributed by atoms with E-state index in [2.05, 4.69) is 6.07 Å². The minimum absolute atomic E-state index is 0.519. The zero-order valence-corrected chi connectivity index (χ0v) is 11.0. The highest BCUT2D eigenvalue weighted by molar-refractivity contribution is 6.58. The highest BCUT2D eigenvalue weighted by Crippen LogP contribution is 2.19. The molecule has 0 saturated heterocycles. The summed E-state index contributed by atoms with van der Waals surface area (Å²) in [4.78, 5) is 2.04. The van der Waals surface area contributed by atoms with Crippen LogP contribution in [-0.4, -0.2) is 49.0 Å². The van der Waals surface area contributed by atoms with Crippen molar-refractivity contribution in [2.24, 2.45) is 0 Å². The Labute approximate surface area is 113 Å². The van der Waals surface area contributed by atoms with E-state index in [0.717, 1.165) is 16.5 Å². The first kappa shape index (κ1) is 15.5. The van der Waals surface area contributed by atoms with Crippen molar-refractivity contribution >= 4 is 36.7 Å². The Bertz CT molecular complexity index is 487. The summed E-state index contributed by atoms with van der Waals surface area (Å²) in [6.07, 6.45) is 0. The van der Waals surface area contributed by atoms with Crippen LogP contribution in [0.2, 0.25) is 0 Å². The fourth-order valence-corrected chi connectivity index (χ4v) is 1.69. The zero-order valence-electron chi connectivity index (χ0n) is 11.0. The Morgan fingerprint density at radius 3 is 2.00 bits per heavy atom. The van der Waals surface area contributed by atoms with Crippen LogP contribution >= 0.6 is 0 Å². The topological polar surface area (TPSA) is 84.2 Å². The molecule has 0 spiro atoms. The third-order valence-corrected chi connectivity index (χ3v) is 2.66. The third-order valence-electron chi connectivity index (χ3n) is 2.66. The van der Waals surface area contributed by atoms with Gasteiger partial charge in [-0.05, 0) is 28.4 Å². The number of rotatable bonds is 2. The van der Waals surface area contributed by atoms with Crippen LogP contribution in [0.3, 0.4) is 0 Å². The molecule has 0 atom stereocenters. The number of hydrogen-bond acceptors (Lipinski definition) is 5. The van der Waals surface area contributed by atoms with Crippen molar-refractivity contribution in [1.82, 2.24) is 0 Å². The summed E-state index contributed by atoms with van der Waals surface area (Å²) in [5, 5.41) is 34.5. The zero-order chi connectivity index (χ0) is 14.4. The van der Waals surface area contributed by atoms with E-state index < -0.39 is 14.8 Å². The second-order valence-electron chi connectivity index (χ2n) is 4.20. The van der Waals surface area contributed by atoms with Gasteiger partial charge in [0.05, 0.1) is 0 Å². The molecule has 4 N–H and O–H groups in total. The van der Waals surface area contributed by atoms with E-state index in [1.807, 2.05) is 37.2 Å². The molecule has 0 unspecified atom stereocenters. The molecule has 0 aliphatic rings. The Kier molecular flexibility index (Phi) is 5.85. The van der Waals surface area contributed by atoms with Crippen LogP contribution < -0.4 is 10.4 Å². The molecule has 0 heterocycles. The highest BCUT2D eigenvalue weighted by atomic mass is 16.4. The first-order chi connectivity index (χ1) is 8.99. The predicted octanol–water partition coefficient (Wildman–Crippen LogP) is -1.18. The van der Waals surface area contributed by atoms with Crippen LogP contribution in [0.4, 0.5) is 5.69 Å². The van der Waals surface area contributed by atoms with Crippen LogP contribution in [-0.2, 0) is 0 Å². The fraction of sp³-hybridized carbons (Fsp3) is 0.167. The van der Waals surface area contributed by atoms with Gasteiger partial charge < -0.3 is 25.0 Å². The molecule has 0 bridgehead atoms. The van der Waals surface area contributed by atoms with E-state index in [1.54, 1.807) is 12.1 Å². The van der Waals surface area contributed by atoms with Gasteiger partial charge in [0.25, 0.3) is 0 Å². The summed E-state index contributed by atoms with van der Waals surface area (Å²) in [6, 6.07) is 11.5. The molecule has 0 aliphatic heterocycles. The van der Waals surface area contributed by atoms with E-state index in [-0.39, 0.29) is 0 Å². The van der Waals surface area contributed by atoms with Gasteiger partial charge >= 0.3 is 14.8 Å². The molecule has 19 heavy (non-hydrogen) atoms. The van der Waals surface area contributed by atoms with E-state index in [1.165, 1.54) is 0 Å². The van der Waals surface area contributed by atoms with Crippen LogP contribution in [0.5, 0.6) is 0 Å². The van der Waals surface area contributed by atoms with Crippen LogP contribution in [0.15, 0.2) is 36.4 Å². The van der Waals surface area contributed by atoms with Gasteiger partial charge in [0.15, 0.2) is 0 Å². The lowest BCUT2D eigenvalue weighted by Crippen LogP contribution is -2.29. The van der Waals surface area contributed by atoms with Gasteiger partial charge in [-0.2, -0.15) is 0 Å². The summed E-state index contributed by atoms with van der Waals surface area (Å²) in [7, 11) is 1.83. The summed E-state index contributed by atoms with van der Waals surface area (Å²) in [6.45, 7) is 0. The average molecular weight is 261 g/mol. The van der Waals surface area contributed by atoms with Crippen molar-refractivity contribution in [3.8, 4) is 0 Å². The minimum atomic E-state index is -1.40. The van der Waals surface area contributed by atoms with Gasteiger partial charge in [0, 0.05) is 19.8 Å². The molecular weight excluding hydrogens is 244 g/mol. The molecule has 100 valence electrons.